The summed E-state index contributed by atoms with van der Waals surface area (Å²) in [6.07, 6.45) is 6.72. The first kappa shape index (κ1) is 16.0. The number of nitrogens with zero attached hydrogens (tertiary/aromatic N) is 3. The van der Waals surface area contributed by atoms with Gasteiger partial charge in [0, 0.05) is 36.4 Å². The second-order valence-electron chi connectivity index (χ2n) is 6.44. The molecule has 0 aliphatic carbocycles. The van der Waals surface area contributed by atoms with Gasteiger partial charge in [-0.2, -0.15) is 0 Å². The van der Waals surface area contributed by atoms with Gasteiger partial charge in [-0.25, -0.2) is 14.8 Å². The molecular weight excluding hydrogens is 358 g/mol. The predicted molar refractivity (Wildman–Crippen MR) is 109 cm³/mol. The molecule has 0 spiro atoms. The zero-order valence-corrected chi connectivity index (χ0v) is 15.3. The number of rotatable bonds is 2. The largest absolute Gasteiger partial charge is 0.346 e. The van der Waals surface area contributed by atoms with Crippen LogP contribution in [0.5, 0.6) is 0 Å². The molecule has 0 atom stereocenters. The number of pyridine rings is 1. The highest BCUT2D eigenvalue weighted by molar-refractivity contribution is 7.22. The van der Waals surface area contributed by atoms with Gasteiger partial charge in [-0.15, -0.1) is 0 Å². The van der Waals surface area contributed by atoms with Gasteiger partial charge >= 0.3 is 6.03 Å². The number of aromatic amines is 1. The normalized spacial score (nSPS) is 14.5. The number of carbonyl (C=O) groups excluding carboxylic acids is 1. The molecule has 0 saturated carbocycles. The molecule has 4 aromatic rings. The topological polar surface area (TPSA) is 73.9 Å². The molecule has 0 fully saturated rings. The maximum Gasteiger partial charge on any atom is 0.323 e. The van der Waals surface area contributed by atoms with Gasteiger partial charge in [0.15, 0.2) is 5.13 Å². The minimum absolute atomic E-state index is 0.107. The van der Waals surface area contributed by atoms with Crippen LogP contribution in [0, 0.1) is 0 Å². The lowest BCUT2D eigenvalue weighted by Crippen LogP contribution is -2.37. The van der Waals surface area contributed by atoms with Crippen molar-refractivity contribution in [2.75, 3.05) is 18.4 Å². The van der Waals surface area contributed by atoms with Crippen LogP contribution in [0.25, 0.3) is 26.8 Å². The summed E-state index contributed by atoms with van der Waals surface area (Å²) in [5.41, 5.74) is 4.22. The molecule has 3 aromatic heterocycles. The molecule has 6 nitrogen and oxygen atoms in total. The van der Waals surface area contributed by atoms with Gasteiger partial charge in [0.2, 0.25) is 0 Å². The Morgan fingerprint density at radius 3 is 3.00 bits per heavy atom. The average Bonchev–Trinajstić information content (AvgIpc) is 3.31. The number of benzene rings is 1. The summed E-state index contributed by atoms with van der Waals surface area (Å²) in [5, 5.41) is 4.69. The van der Waals surface area contributed by atoms with Crippen LogP contribution in [0.1, 0.15) is 12.0 Å². The quantitative estimate of drug-likeness (QED) is 0.542. The van der Waals surface area contributed by atoms with Gasteiger partial charge in [0.25, 0.3) is 0 Å². The van der Waals surface area contributed by atoms with Gasteiger partial charge in [0.1, 0.15) is 5.65 Å². The first-order valence-electron chi connectivity index (χ1n) is 8.81. The number of anilines is 1. The Morgan fingerprint density at radius 1 is 1.22 bits per heavy atom. The van der Waals surface area contributed by atoms with E-state index >= 15 is 0 Å². The highest BCUT2D eigenvalue weighted by atomic mass is 32.1. The fourth-order valence-corrected chi connectivity index (χ4v) is 4.27. The second kappa shape index (κ2) is 6.51. The van der Waals surface area contributed by atoms with E-state index in [0.717, 1.165) is 27.7 Å². The van der Waals surface area contributed by atoms with Gasteiger partial charge in [-0.3, -0.25) is 5.32 Å². The van der Waals surface area contributed by atoms with Crippen molar-refractivity contribution in [1.29, 1.82) is 0 Å². The van der Waals surface area contributed by atoms with Gasteiger partial charge in [0.05, 0.1) is 10.2 Å². The predicted octanol–water partition coefficient (Wildman–Crippen LogP) is 4.49. The second-order valence-corrected chi connectivity index (χ2v) is 7.47. The SMILES string of the molecule is O=C(Nc1nc2ccccc2s1)N1CC=C(c2c[nH]c3ncccc23)CC1. The number of urea groups is 1. The number of thiazole rings is 1. The number of fused-ring (bicyclic) bond motifs is 2. The summed E-state index contributed by atoms with van der Waals surface area (Å²) < 4.78 is 1.07. The van der Waals surface area contributed by atoms with E-state index in [4.69, 9.17) is 0 Å². The molecule has 4 heterocycles. The lowest BCUT2D eigenvalue weighted by molar-refractivity contribution is 0.217. The molecule has 0 unspecified atom stereocenters. The molecule has 0 radical (unpaired) electrons. The Hall–Kier alpha value is -3.19. The number of amides is 2. The molecule has 1 aliphatic rings. The summed E-state index contributed by atoms with van der Waals surface area (Å²) in [5.74, 6) is 0. The van der Waals surface area contributed by atoms with Gasteiger partial charge < -0.3 is 9.88 Å². The maximum absolute atomic E-state index is 12.6. The zero-order valence-electron chi connectivity index (χ0n) is 14.5. The number of nitrogens with one attached hydrogen (secondary N) is 2. The van der Waals surface area contributed by atoms with Crippen LogP contribution in [-0.4, -0.2) is 39.0 Å². The molecule has 27 heavy (non-hydrogen) atoms. The minimum Gasteiger partial charge on any atom is -0.346 e. The molecule has 5 rings (SSSR count). The summed E-state index contributed by atoms with van der Waals surface area (Å²) in [6.45, 7) is 1.26. The highest BCUT2D eigenvalue weighted by Gasteiger charge is 2.20. The van der Waals surface area contributed by atoms with E-state index in [1.807, 2.05) is 41.4 Å². The molecule has 7 heteroatoms. The van der Waals surface area contributed by atoms with Crippen molar-refractivity contribution in [2.45, 2.75) is 6.42 Å². The number of H-pyrrole nitrogens is 1. The molecular formula is C20H17N5OS. The first-order valence-corrected chi connectivity index (χ1v) is 9.62. The molecule has 1 aliphatic heterocycles. The van der Waals surface area contributed by atoms with E-state index in [1.54, 1.807) is 6.20 Å². The summed E-state index contributed by atoms with van der Waals surface area (Å²) in [6, 6.07) is 11.8. The van der Waals surface area contributed by atoms with Crippen LogP contribution in [0.2, 0.25) is 0 Å². The van der Waals surface area contributed by atoms with Crippen LogP contribution in [-0.2, 0) is 0 Å². The monoisotopic (exact) mass is 375 g/mol. The van der Waals surface area contributed by atoms with Crippen molar-refractivity contribution in [3.8, 4) is 0 Å². The smallest absolute Gasteiger partial charge is 0.323 e. The van der Waals surface area contributed by atoms with Crippen LogP contribution in [0.3, 0.4) is 0 Å². The van der Waals surface area contributed by atoms with Crippen LogP contribution in [0.15, 0.2) is 54.9 Å². The minimum atomic E-state index is -0.107. The molecule has 134 valence electrons. The molecule has 0 saturated heterocycles. The Kier molecular flexibility index (Phi) is 3.86. The number of hydrogen-bond acceptors (Lipinski definition) is 4. The lowest BCUT2D eigenvalue weighted by Gasteiger charge is -2.26. The van der Waals surface area contributed by atoms with Crippen molar-refractivity contribution in [1.82, 2.24) is 19.9 Å². The third-order valence-corrected chi connectivity index (χ3v) is 5.75. The third-order valence-electron chi connectivity index (χ3n) is 4.80. The van der Waals surface area contributed by atoms with Crippen molar-refractivity contribution >= 4 is 49.3 Å². The van der Waals surface area contributed by atoms with Gasteiger partial charge in [-0.05, 0) is 36.3 Å². The van der Waals surface area contributed by atoms with Crippen molar-refractivity contribution in [3.63, 3.8) is 0 Å². The molecule has 2 amide bonds. The fraction of sp³-hybridized carbons (Fsp3) is 0.150. The Balaban J connectivity index is 1.31. The summed E-state index contributed by atoms with van der Waals surface area (Å²) in [7, 11) is 0. The van der Waals surface area contributed by atoms with Crippen LogP contribution >= 0.6 is 11.3 Å². The van der Waals surface area contributed by atoms with E-state index in [1.165, 1.54) is 22.5 Å². The number of carbonyl (C=O) groups is 1. The van der Waals surface area contributed by atoms with E-state index in [-0.39, 0.29) is 6.03 Å². The Labute approximate surface area is 159 Å². The first-order chi connectivity index (χ1) is 13.3. The Bertz CT molecular complexity index is 1140. The zero-order chi connectivity index (χ0) is 18.2. The summed E-state index contributed by atoms with van der Waals surface area (Å²) in [4.78, 5) is 26.4. The van der Waals surface area contributed by atoms with Crippen molar-refractivity contribution in [3.05, 3.63) is 60.4 Å². The molecule has 0 bridgehead atoms. The number of para-hydroxylation sites is 1. The highest BCUT2D eigenvalue weighted by Crippen LogP contribution is 2.29. The van der Waals surface area contributed by atoms with E-state index < -0.39 is 0 Å². The molecule has 2 N–H and O–H groups in total. The third kappa shape index (κ3) is 2.96. The van der Waals surface area contributed by atoms with Gasteiger partial charge in [-0.1, -0.05) is 29.5 Å². The Morgan fingerprint density at radius 2 is 2.15 bits per heavy atom. The lowest BCUT2D eigenvalue weighted by atomic mass is 10.00. The van der Waals surface area contributed by atoms with E-state index in [0.29, 0.717) is 18.2 Å². The fourth-order valence-electron chi connectivity index (χ4n) is 3.42. The van der Waals surface area contributed by atoms with Crippen molar-refractivity contribution < 1.29 is 4.79 Å². The van der Waals surface area contributed by atoms with E-state index in [9.17, 15) is 4.79 Å². The number of hydrogen-bond donors (Lipinski definition) is 2. The average molecular weight is 375 g/mol. The van der Waals surface area contributed by atoms with Crippen LogP contribution in [0.4, 0.5) is 9.93 Å². The van der Waals surface area contributed by atoms with Crippen molar-refractivity contribution in [2.24, 2.45) is 0 Å². The number of aromatic nitrogens is 3. The van der Waals surface area contributed by atoms with E-state index in [2.05, 4.69) is 32.4 Å². The maximum atomic E-state index is 12.6. The van der Waals surface area contributed by atoms with Crippen LogP contribution < -0.4 is 5.32 Å². The summed E-state index contributed by atoms with van der Waals surface area (Å²) >= 11 is 1.49. The standard InChI is InChI=1S/C20H17N5OS/c26-20(24-19-23-16-5-1-2-6-17(16)27-19)25-10-7-13(8-11-25)15-12-22-18-14(15)4-3-9-21-18/h1-7,9,12H,8,10-11H2,(H,21,22)(H,23,24,26). The molecule has 1 aromatic carbocycles.